The van der Waals surface area contributed by atoms with Crippen LogP contribution in [0.15, 0.2) is 49.6 Å². The number of carbonyl (C=O) groups is 1. The summed E-state index contributed by atoms with van der Waals surface area (Å²) in [6.07, 6.45) is 1.75. The van der Waals surface area contributed by atoms with Crippen molar-refractivity contribution in [1.82, 2.24) is 9.58 Å². The molecule has 8 nitrogen and oxygen atoms in total. The normalized spacial score (nSPS) is 14.8. The largest absolute Gasteiger partial charge is 0.493 e. The fourth-order valence-electron chi connectivity index (χ4n) is 3.24. The van der Waals surface area contributed by atoms with Gasteiger partial charge in [0.2, 0.25) is 4.80 Å². The molecule has 1 amide bonds. The third-order valence-corrected chi connectivity index (χ3v) is 7.48. The predicted molar refractivity (Wildman–Crippen MR) is 134 cm³/mol. The van der Waals surface area contributed by atoms with Crippen LogP contribution in [0.25, 0.3) is 10.6 Å². The Hall–Kier alpha value is -2.47. The topological polar surface area (TPSA) is 77.7 Å². The number of benzene rings is 1. The van der Waals surface area contributed by atoms with Crippen LogP contribution in [0.2, 0.25) is 0 Å². The summed E-state index contributed by atoms with van der Waals surface area (Å²) in [4.78, 5) is 20.3. The van der Waals surface area contributed by atoms with Crippen molar-refractivity contribution in [3.63, 3.8) is 0 Å². The maximum atomic E-state index is 12.4. The highest BCUT2D eigenvalue weighted by molar-refractivity contribution is 9.11. The molecule has 4 rings (SSSR count). The fraction of sp³-hybridized carbons (Fsp3) is 0.318. The monoisotopic (exact) mass is 550 g/mol. The minimum Gasteiger partial charge on any atom is -0.493 e. The molecule has 33 heavy (non-hydrogen) atoms. The van der Waals surface area contributed by atoms with Crippen LogP contribution < -0.4 is 14.3 Å². The molecule has 0 N–H and O–H groups in total. The van der Waals surface area contributed by atoms with Gasteiger partial charge in [-0.15, -0.1) is 22.7 Å². The van der Waals surface area contributed by atoms with Gasteiger partial charge in [0.15, 0.2) is 18.1 Å². The Morgan fingerprint density at radius 3 is 2.76 bits per heavy atom. The Morgan fingerprint density at radius 1 is 1.24 bits per heavy atom. The SMILES string of the molecule is CN=c1scc(-c2ccc(Br)s2)n1/N=C\c1ccc(OCC(=O)N2CCOCC2)c(OC)c1. The smallest absolute Gasteiger partial charge is 0.260 e. The van der Waals surface area contributed by atoms with Crippen molar-refractivity contribution in [2.75, 3.05) is 47.1 Å². The number of morpholine rings is 1. The lowest BCUT2D eigenvalue weighted by molar-refractivity contribution is -0.137. The Labute approximate surface area is 207 Å². The van der Waals surface area contributed by atoms with Crippen molar-refractivity contribution < 1.29 is 19.0 Å². The zero-order chi connectivity index (χ0) is 23.2. The zero-order valence-electron chi connectivity index (χ0n) is 18.2. The molecular weight excluding hydrogens is 528 g/mol. The molecule has 0 unspecified atom stereocenters. The minimum absolute atomic E-state index is 0.0460. The summed E-state index contributed by atoms with van der Waals surface area (Å²) < 4.78 is 19.4. The molecule has 0 saturated carbocycles. The maximum absolute atomic E-state index is 12.4. The van der Waals surface area contributed by atoms with Gasteiger partial charge in [-0.25, -0.2) is 4.68 Å². The number of carbonyl (C=O) groups excluding carboxylic acids is 1. The number of methoxy groups -OCH3 is 1. The number of nitrogens with zero attached hydrogens (tertiary/aromatic N) is 4. The third kappa shape index (κ3) is 5.72. The minimum atomic E-state index is -0.0663. The predicted octanol–water partition coefficient (Wildman–Crippen LogP) is 3.70. The van der Waals surface area contributed by atoms with E-state index in [1.165, 1.54) is 11.3 Å². The first-order chi connectivity index (χ1) is 16.1. The molecule has 1 fully saturated rings. The van der Waals surface area contributed by atoms with Crippen molar-refractivity contribution in [3.05, 3.63) is 49.9 Å². The van der Waals surface area contributed by atoms with Gasteiger partial charge in [-0.1, -0.05) is 0 Å². The number of ether oxygens (including phenoxy) is 3. The summed E-state index contributed by atoms with van der Waals surface area (Å²) in [5.41, 5.74) is 1.80. The molecule has 3 aromatic rings. The molecule has 2 aromatic heterocycles. The van der Waals surface area contributed by atoms with Crippen LogP contribution in [-0.2, 0) is 9.53 Å². The van der Waals surface area contributed by atoms with E-state index in [2.05, 4.69) is 32.1 Å². The Morgan fingerprint density at radius 2 is 2.06 bits per heavy atom. The van der Waals surface area contributed by atoms with E-state index in [9.17, 15) is 4.79 Å². The van der Waals surface area contributed by atoms with Gasteiger partial charge in [0, 0.05) is 25.5 Å². The van der Waals surface area contributed by atoms with Crippen molar-refractivity contribution in [2.45, 2.75) is 0 Å². The number of thiazole rings is 1. The van der Waals surface area contributed by atoms with E-state index in [4.69, 9.17) is 14.2 Å². The van der Waals surface area contributed by atoms with E-state index in [0.717, 1.165) is 24.7 Å². The molecule has 0 atom stereocenters. The second-order valence-corrected chi connectivity index (χ2v) is 10.3. The van der Waals surface area contributed by atoms with Crippen molar-refractivity contribution in [3.8, 4) is 22.1 Å². The lowest BCUT2D eigenvalue weighted by Gasteiger charge is -2.26. The average Bonchev–Trinajstić information content (AvgIpc) is 3.47. The zero-order valence-corrected chi connectivity index (χ0v) is 21.4. The van der Waals surface area contributed by atoms with Crippen molar-refractivity contribution in [2.24, 2.45) is 10.1 Å². The van der Waals surface area contributed by atoms with E-state index in [-0.39, 0.29) is 12.5 Å². The van der Waals surface area contributed by atoms with Crippen molar-refractivity contribution in [1.29, 1.82) is 0 Å². The highest BCUT2D eigenvalue weighted by Gasteiger charge is 2.18. The standard InChI is InChI=1S/C22H23BrN4O4S2/c1-24-22-27(16(14-32-22)19-5-6-20(23)33-19)25-12-15-3-4-17(18(11-15)29-2)31-13-21(28)26-7-9-30-10-8-26/h3-6,11-12,14H,7-10,13H2,1-2H3/b24-22?,25-12-. The number of amides is 1. The average molecular weight is 551 g/mol. The molecule has 1 saturated heterocycles. The molecule has 0 bridgehead atoms. The Kier molecular flexibility index (Phi) is 7.97. The molecule has 174 valence electrons. The lowest BCUT2D eigenvalue weighted by atomic mass is 10.2. The van der Waals surface area contributed by atoms with Gasteiger partial charge < -0.3 is 19.1 Å². The Balaban J connectivity index is 1.50. The van der Waals surface area contributed by atoms with E-state index in [1.54, 1.807) is 42.7 Å². The summed E-state index contributed by atoms with van der Waals surface area (Å²) in [7, 11) is 3.32. The van der Waals surface area contributed by atoms with Crippen LogP contribution >= 0.6 is 38.6 Å². The number of hydrogen-bond acceptors (Lipinski definition) is 8. The van der Waals surface area contributed by atoms with Crippen molar-refractivity contribution >= 4 is 50.7 Å². The van der Waals surface area contributed by atoms with Crippen LogP contribution in [0.1, 0.15) is 5.56 Å². The highest BCUT2D eigenvalue weighted by Crippen LogP contribution is 2.32. The summed E-state index contributed by atoms with van der Waals surface area (Å²) in [6, 6.07) is 9.55. The first-order valence-corrected chi connectivity index (χ1v) is 12.7. The number of thiophene rings is 1. The fourth-order valence-corrected chi connectivity index (χ4v) is 5.49. The van der Waals surface area contributed by atoms with Gasteiger partial charge in [0.1, 0.15) is 0 Å². The highest BCUT2D eigenvalue weighted by atomic mass is 79.9. The summed E-state index contributed by atoms with van der Waals surface area (Å²) in [5, 5.41) is 6.71. The van der Waals surface area contributed by atoms with E-state index >= 15 is 0 Å². The molecule has 0 aliphatic carbocycles. The maximum Gasteiger partial charge on any atom is 0.260 e. The van der Waals surface area contributed by atoms with E-state index < -0.39 is 0 Å². The first kappa shape index (κ1) is 23.7. The number of hydrogen-bond donors (Lipinski definition) is 0. The van der Waals surface area contributed by atoms with Gasteiger partial charge in [0.05, 0.1) is 40.9 Å². The number of halogens is 1. The van der Waals surface area contributed by atoms with Crippen LogP contribution in [0.4, 0.5) is 0 Å². The van der Waals surface area contributed by atoms with Crippen LogP contribution in [0.3, 0.4) is 0 Å². The Bertz CT molecular complexity index is 1210. The van der Waals surface area contributed by atoms with E-state index in [1.807, 2.05) is 28.3 Å². The molecule has 0 spiro atoms. The van der Waals surface area contributed by atoms with Crippen LogP contribution in [-0.4, -0.2) is 68.8 Å². The van der Waals surface area contributed by atoms with Crippen LogP contribution in [0, 0.1) is 0 Å². The van der Waals surface area contributed by atoms with Gasteiger partial charge in [-0.3, -0.25) is 9.79 Å². The van der Waals surface area contributed by atoms with E-state index in [0.29, 0.717) is 37.8 Å². The molecule has 0 radical (unpaired) electrons. The second-order valence-electron chi connectivity index (χ2n) is 6.98. The third-order valence-electron chi connectivity index (χ3n) is 4.93. The summed E-state index contributed by atoms with van der Waals surface area (Å²) >= 11 is 6.69. The molecule has 1 aliphatic rings. The first-order valence-electron chi connectivity index (χ1n) is 10.2. The van der Waals surface area contributed by atoms with Gasteiger partial charge in [0.25, 0.3) is 5.91 Å². The molecule has 1 aliphatic heterocycles. The van der Waals surface area contributed by atoms with Gasteiger partial charge in [-0.2, -0.15) is 5.10 Å². The van der Waals surface area contributed by atoms with Gasteiger partial charge >= 0.3 is 0 Å². The molecule has 11 heteroatoms. The summed E-state index contributed by atoms with van der Waals surface area (Å²) in [5.74, 6) is 0.975. The molecule has 1 aromatic carbocycles. The number of rotatable bonds is 7. The quantitative estimate of drug-likeness (QED) is 0.420. The lowest BCUT2D eigenvalue weighted by Crippen LogP contribution is -2.43. The second kappa shape index (κ2) is 11.1. The molecular formula is C22H23BrN4O4S2. The summed E-state index contributed by atoms with van der Waals surface area (Å²) in [6.45, 7) is 2.25. The molecule has 3 heterocycles. The van der Waals surface area contributed by atoms with Gasteiger partial charge in [-0.05, 0) is 51.8 Å². The number of aromatic nitrogens is 1. The van der Waals surface area contributed by atoms with Crippen LogP contribution in [0.5, 0.6) is 11.5 Å².